The zero-order chi connectivity index (χ0) is 14.2. The number of likely N-dealkylation sites (N-methyl/N-ethyl adjacent to an activating group) is 3. The van der Waals surface area contributed by atoms with Gasteiger partial charge < -0.3 is 29.6 Å². The third kappa shape index (κ3) is 16.4. The molecule has 0 saturated carbocycles. The van der Waals surface area contributed by atoms with Crippen molar-refractivity contribution in [3.05, 3.63) is 14.9 Å². The van der Waals surface area contributed by atoms with E-state index in [0.29, 0.717) is 0 Å². The first-order valence-electron chi connectivity index (χ1n) is 6.69. The Labute approximate surface area is 140 Å². The van der Waals surface area contributed by atoms with Crippen LogP contribution in [0.1, 0.15) is 20.8 Å². The molecule has 5 heteroatoms. The largest absolute Gasteiger partial charge is 0.358 e. The fraction of sp³-hybridized carbons (Fsp3) is 0.867. The Balaban J connectivity index is -0.000000316. The second kappa shape index (κ2) is 13.1. The minimum absolute atomic E-state index is 0. The minimum Gasteiger partial charge on any atom is -0.358 e. The van der Waals surface area contributed by atoms with Crippen LogP contribution in [-0.4, -0.2) is 80.7 Å². The summed E-state index contributed by atoms with van der Waals surface area (Å²) < 4.78 is 4.02. The van der Waals surface area contributed by atoms with Gasteiger partial charge in [-0.25, -0.2) is 0 Å². The van der Waals surface area contributed by atoms with Crippen molar-refractivity contribution in [2.24, 2.45) is 3.42 Å². The summed E-state index contributed by atoms with van der Waals surface area (Å²) in [4.78, 5) is 7.20. The molecule has 0 atom stereocenters. The quantitative estimate of drug-likeness (QED) is 0.505. The summed E-state index contributed by atoms with van der Waals surface area (Å²) >= 11 is 1.83. The molecule has 0 amide bonds. The summed E-state index contributed by atoms with van der Waals surface area (Å²) in [6, 6.07) is 0. The minimum atomic E-state index is 0. The molecule has 1 rings (SSSR count). The van der Waals surface area contributed by atoms with Crippen LogP contribution in [0, 0.1) is 14.9 Å². The number of nitrogens with zero attached hydrogens (tertiary/aromatic N) is 4. The molecule has 1 saturated heterocycles. The fourth-order valence-electron chi connectivity index (χ4n) is 1.36. The molecule has 122 valence electrons. The standard InChI is InChI=1S/C9H21N3.C4H9N.2CH3.Ti/c1-10-4-6-11(2)8-9-12(3)7-5-10;1-4(2,3)5;;;/h4-9H2,1-3H3;1-3H3;2*1H3;/q;;2*-1;. The van der Waals surface area contributed by atoms with Gasteiger partial charge in [0, 0.05) is 39.3 Å². The second-order valence-corrected chi connectivity index (χ2v) is 6.54. The van der Waals surface area contributed by atoms with Gasteiger partial charge in [0.25, 0.3) is 0 Å². The monoisotopic (exact) mass is 320 g/mol. The third-order valence-electron chi connectivity index (χ3n) is 2.93. The molecule has 0 aromatic heterocycles. The molecule has 0 N–H and O–H groups in total. The normalized spacial score (nSPS) is 19.1. The van der Waals surface area contributed by atoms with E-state index in [2.05, 4.69) is 60.0 Å². The van der Waals surface area contributed by atoms with Crippen molar-refractivity contribution in [1.82, 2.24) is 14.7 Å². The van der Waals surface area contributed by atoms with Gasteiger partial charge in [-0.05, 0) is 21.1 Å². The van der Waals surface area contributed by atoms with E-state index in [4.69, 9.17) is 0 Å². The van der Waals surface area contributed by atoms with Crippen molar-refractivity contribution in [3.8, 4) is 0 Å². The Hall–Kier alpha value is 0.394. The Morgan fingerprint density at radius 2 is 0.850 bits per heavy atom. The molecule has 0 radical (unpaired) electrons. The van der Waals surface area contributed by atoms with Crippen LogP contribution in [0.25, 0.3) is 0 Å². The van der Waals surface area contributed by atoms with Crippen LogP contribution in [0.5, 0.6) is 0 Å². The summed E-state index contributed by atoms with van der Waals surface area (Å²) in [5.41, 5.74) is 0.167. The average molecular weight is 320 g/mol. The molecule has 0 spiro atoms. The molecule has 0 aliphatic carbocycles. The number of hydrogen-bond acceptors (Lipinski definition) is 4. The van der Waals surface area contributed by atoms with E-state index in [1.165, 1.54) is 39.3 Å². The molecule has 0 unspecified atom stereocenters. The van der Waals surface area contributed by atoms with E-state index < -0.39 is 0 Å². The summed E-state index contributed by atoms with van der Waals surface area (Å²) in [6.07, 6.45) is 0. The fourth-order valence-corrected chi connectivity index (χ4v) is 1.36. The average Bonchev–Trinajstić information content (AvgIpc) is 2.36. The molecule has 1 heterocycles. The summed E-state index contributed by atoms with van der Waals surface area (Å²) in [5, 5.41) is 0. The number of hydrogen-bond donors (Lipinski definition) is 0. The van der Waals surface area contributed by atoms with E-state index >= 15 is 0 Å². The van der Waals surface area contributed by atoms with Crippen LogP contribution >= 0.6 is 0 Å². The van der Waals surface area contributed by atoms with E-state index in [1.54, 1.807) is 0 Å². The van der Waals surface area contributed by atoms with Crippen molar-refractivity contribution in [2.75, 3.05) is 60.4 Å². The van der Waals surface area contributed by atoms with Crippen LogP contribution in [0.4, 0.5) is 0 Å². The SMILES string of the molecule is CC(C)(C)[N]=[Ti].CN1CCN(C)CCN(C)CC1.[CH3-].[CH3-]. The Morgan fingerprint density at radius 1 is 0.700 bits per heavy atom. The van der Waals surface area contributed by atoms with Crippen molar-refractivity contribution < 1.29 is 20.3 Å². The first kappa shape index (κ1) is 25.4. The van der Waals surface area contributed by atoms with E-state index in [-0.39, 0.29) is 20.4 Å². The van der Waals surface area contributed by atoms with Gasteiger partial charge in [-0.3, -0.25) is 0 Å². The molecule has 1 fully saturated rings. The zero-order valence-corrected chi connectivity index (χ0v) is 16.6. The molecular formula is C15H36N4Ti-2. The van der Waals surface area contributed by atoms with Gasteiger partial charge in [-0.1, -0.05) is 0 Å². The van der Waals surface area contributed by atoms with E-state index in [9.17, 15) is 0 Å². The molecule has 0 aromatic carbocycles. The van der Waals surface area contributed by atoms with Gasteiger partial charge >= 0.3 is 50.0 Å². The van der Waals surface area contributed by atoms with Crippen molar-refractivity contribution >= 4 is 0 Å². The molecule has 0 bridgehead atoms. The molecular weight excluding hydrogens is 284 g/mol. The van der Waals surface area contributed by atoms with Gasteiger partial charge in [-0.2, -0.15) is 0 Å². The summed E-state index contributed by atoms with van der Waals surface area (Å²) in [5.74, 6) is 0. The van der Waals surface area contributed by atoms with Crippen LogP contribution in [0.2, 0.25) is 0 Å². The van der Waals surface area contributed by atoms with Crippen LogP contribution in [0.15, 0.2) is 3.42 Å². The Kier molecular flexibility index (Phi) is 16.6. The predicted octanol–water partition coefficient (Wildman–Crippen LogP) is 2.21. The maximum Gasteiger partial charge on any atom is 0.0107 e. The molecule has 0 aromatic rings. The molecule has 20 heavy (non-hydrogen) atoms. The van der Waals surface area contributed by atoms with Crippen molar-refractivity contribution in [1.29, 1.82) is 0 Å². The van der Waals surface area contributed by atoms with Gasteiger partial charge in [0.2, 0.25) is 0 Å². The first-order valence-corrected chi connectivity index (χ1v) is 7.38. The predicted molar refractivity (Wildman–Crippen MR) is 87.5 cm³/mol. The maximum atomic E-state index is 4.02. The van der Waals surface area contributed by atoms with Crippen molar-refractivity contribution in [3.63, 3.8) is 0 Å². The Bertz CT molecular complexity index is 193. The zero-order valence-electron chi connectivity index (χ0n) is 15.0. The van der Waals surface area contributed by atoms with Crippen molar-refractivity contribution in [2.45, 2.75) is 26.3 Å². The van der Waals surface area contributed by atoms with Crippen LogP contribution in [0.3, 0.4) is 0 Å². The molecule has 1 aliphatic rings. The third-order valence-corrected chi connectivity index (χ3v) is 3.97. The molecule has 4 nitrogen and oxygen atoms in total. The number of rotatable bonds is 0. The summed E-state index contributed by atoms with van der Waals surface area (Å²) in [6.45, 7) is 13.4. The molecule has 1 aliphatic heterocycles. The van der Waals surface area contributed by atoms with Crippen LogP contribution < -0.4 is 0 Å². The van der Waals surface area contributed by atoms with E-state index in [1.807, 2.05) is 20.3 Å². The topological polar surface area (TPSA) is 22.1 Å². The van der Waals surface area contributed by atoms with E-state index in [0.717, 1.165) is 0 Å². The smallest absolute Gasteiger partial charge is 0.0107 e. The van der Waals surface area contributed by atoms with Gasteiger partial charge in [0.05, 0.1) is 0 Å². The van der Waals surface area contributed by atoms with Gasteiger partial charge in [-0.15, -0.1) is 0 Å². The first-order chi connectivity index (χ1) is 8.24. The maximum absolute atomic E-state index is 4.02. The summed E-state index contributed by atoms with van der Waals surface area (Å²) in [7, 11) is 6.60. The van der Waals surface area contributed by atoms with Crippen LogP contribution in [-0.2, 0) is 20.3 Å². The Morgan fingerprint density at radius 3 is 0.950 bits per heavy atom. The second-order valence-electron chi connectivity index (χ2n) is 6.19. The van der Waals surface area contributed by atoms with Gasteiger partial charge in [0.15, 0.2) is 0 Å². The van der Waals surface area contributed by atoms with Gasteiger partial charge in [0.1, 0.15) is 0 Å².